The van der Waals surface area contributed by atoms with Crippen LogP contribution in [0.4, 0.5) is 0 Å². The van der Waals surface area contributed by atoms with E-state index in [4.69, 9.17) is 10.4 Å². The highest BCUT2D eigenvalue weighted by Crippen LogP contribution is 1.61. The molecule has 1 N–H and O–H groups in total. The fourth-order valence-electron chi connectivity index (χ4n) is 0.0913. The molecule has 0 saturated heterocycles. The van der Waals surface area contributed by atoms with Gasteiger partial charge in [0.25, 0.3) is 6.26 Å². The molecule has 0 heterocycles. The van der Waals surface area contributed by atoms with Crippen LogP contribution in [0.15, 0.2) is 0 Å². The summed E-state index contributed by atoms with van der Waals surface area (Å²) in [4.78, 5) is 0. The van der Waals surface area contributed by atoms with Crippen LogP contribution in [0.5, 0.6) is 0 Å². The standard InChI is InChI=1S/C3H5NO2/c4-3-6-2-1-5/h5H,1-2H2. The van der Waals surface area contributed by atoms with Gasteiger partial charge in [0.05, 0.1) is 6.61 Å². The number of aliphatic hydroxyl groups is 1. The first-order chi connectivity index (χ1) is 2.91. The van der Waals surface area contributed by atoms with Crippen molar-refractivity contribution in [2.75, 3.05) is 13.2 Å². The quantitative estimate of drug-likeness (QED) is 0.364. The minimum atomic E-state index is -0.0897. The van der Waals surface area contributed by atoms with E-state index in [2.05, 4.69) is 4.74 Å². The molecule has 0 fully saturated rings. The van der Waals surface area contributed by atoms with Gasteiger partial charge < -0.3 is 9.84 Å². The third-order valence-electron chi connectivity index (χ3n) is 0.258. The molecule has 0 radical (unpaired) electrons. The van der Waals surface area contributed by atoms with E-state index in [9.17, 15) is 0 Å². The first kappa shape index (κ1) is 5.25. The molecular formula is C3H5NO2. The number of ether oxygens (including phenoxy) is 1. The van der Waals surface area contributed by atoms with Crippen LogP contribution in [0, 0.1) is 11.5 Å². The summed E-state index contributed by atoms with van der Waals surface area (Å²) >= 11 is 0. The molecule has 3 nitrogen and oxygen atoms in total. The molecule has 0 rings (SSSR count). The molecule has 0 atom stereocenters. The summed E-state index contributed by atoms with van der Waals surface area (Å²) < 4.78 is 4.04. The van der Waals surface area contributed by atoms with Gasteiger partial charge in [-0.25, -0.2) is 0 Å². The van der Waals surface area contributed by atoms with Crippen molar-refractivity contribution >= 4 is 0 Å². The summed E-state index contributed by atoms with van der Waals surface area (Å²) in [5.74, 6) is 0. The highest BCUT2D eigenvalue weighted by molar-refractivity contribution is 4.44. The van der Waals surface area contributed by atoms with Crippen molar-refractivity contribution in [1.29, 1.82) is 5.26 Å². The van der Waals surface area contributed by atoms with Crippen molar-refractivity contribution in [2.24, 2.45) is 0 Å². The van der Waals surface area contributed by atoms with E-state index in [0.717, 1.165) is 0 Å². The normalized spacial score (nSPS) is 6.67. The van der Waals surface area contributed by atoms with E-state index in [1.54, 1.807) is 0 Å². The van der Waals surface area contributed by atoms with Crippen LogP contribution in [0.1, 0.15) is 0 Å². The van der Waals surface area contributed by atoms with Gasteiger partial charge >= 0.3 is 0 Å². The summed E-state index contributed by atoms with van der Waals surface area (Å²) in [7, 11) is 0. The molecule has 0 aliphatic carbocycles. The Morgan fingerprint density at radius 1 is 1.83 bits per heavy atom. The van der Waals surface area contributed by atoms with E-state index in [0.29, 0.717) is 0 Å². The number of nitrogens with zero attached hydrogens (tertiary/aromatic N) is 1. The lowest BCUT2D eigenvalue weighted by molar-refractivity contribution is 0.177. The van der Waals surface area contributed by atoms with Gasteiger partial charge in [0, 0.05) is 0 Å². The minimum Gasteiger partial charge on any atom is -0.425 e. The summed E-state index contributed by atoms with van der Waals surface area (Å²) in [6, 6.07) is 0. The fraction of sp³-hybridized carbons (Fsp3) is 0.667. The van der Waals surface area contributed by atoms with Crippen LogP contribution in [-0.4, -0.2) is 18.3 Å². The molecule has 34 valence electrons. The summed E-state index contributed by atoms with van der Waals surface area (Å²) in [5, 5.41) is 15.5. The summed E-state index contributed by atoms with van der Waals surface area (Å²) in [6.45, 7) is 0.0179. The van der Waals surface area contributed by atoms with Gasteiger partial charge in [-0.15, -0.1) is 0 Å². The highest BCUT2D eigenvalue weighted by Gasteiger charge is 1.72. The Bertz CT molecular complexity index is 56.3. The maximum absolute atomic E-state index is 7.92. The van der Waals surface area contributed by atoms with Crippen molar-refractivity contribution in [2.45, 2.75) is 0 Å². The smallest absolute Gasteiger partial charge is 0.286 e. The van der Waals surface area contributed by atoms with Gasteiger partial charge in [0.1, 0.15) is 6.61 Å². The third-order valence-corrected chi connectivity index (χ3v) is 0.258. The fourth-order valence-corrected chi connectivity index (χ4v) is 0.0913. The van der Waals surface area contributed by atoms with Crippen LogP contribution in [0.25, 0.3) is 0 Å². The molecule has 0 unspecified atom stereocenters. The van der Waals surface area contributed by atoms with E-state index >= 15 is 0 Å². The van der Waals surface area contributed by atoms with Gasteiger partial charge in [0.15, 0.2) is 0 Å². The Labute approximate surface area is 35.8 Å². The first-order valence-corrected chi connectivity index (χ1v) is 1.53. The van der Waals surface area contributed by atoms with Gasteiger partial charge in [-0.05, 0) is 0 Å². The van der Waals surface area contributed by atoms with E-state index < -0.39 is 0 Å². The second-order valence-corrected chi connectivity index (χ2v) is 0.663. The Hall–Kier alpha value is -0.750. The Morgan fingerprint density at radius 2 is 2.50 bits per heavy atom. The molecule has 6 heavy (non-hydrogen) atoms. The zero-order valence-electron chi connectivity index (χ0n) is 3.22. The number of nitriles is 1. The third kappa shape index (κ3) is 3.25. The largest absolute Gasteiger partial charge is 0.425 e. The van der Waals surface area contributed by atoms with Crippen molar-refractivity contribution in [3.05, 3.63) is 0 Å². The molecule has 0 aromatic carbocycles. The molecule has 0 aliphatic heterocycles. The zero-order chi connectivity index (χ0) is 4.83. The van der Waals surface area contributed by atoms with Gasteiger partial charge in [0.2, 0.25) is 0 Å². The molecule has 0 aromatic heterocycles. The zero-order valence-corrected chi connectivity index (χ0v) is 3.22. The number of aliphatic hydroxyl groups excluding tert-OH is 1. The molecule has 0 amide bonds. The number of hydrogen-bond donors (Lipinski definition) is 1. The van der Waals surface area contributed by atoms with Gasteiger partial charge in [-0.2, -0.15) is 5.26 Å². The molecule has 3 heteroatoms. The van der Waals surface area contributed by atoms with Gasteiger partial charge in [-0.1, -0.05) is 0 Å². The molecule has 0 bridgehead atoms. The van der Waals surface area contributed by atoms with Crippen molar-refractivity contribution in [3.8, 4) is 6.26 Å². The maximum Gasteiger partial charge on any atom is 0.286 e. The SMILES string of the molecule is N#COCCO. The van der Waals surface area contributed by atoms with Crippen LogP contribution in [0.3, 0.4) is 0 Å². The Balaban J connectivity index is 2.54. The molecule has 0 saturated carbocycles. The van der Waals surface area contributed by atoms with Crippen LogP contribution < -0.4 is 0 Å². The number of rotatable bonds is 2. The molecular weight excluding hydrogens is 82.0 g/mol. The molecule has 0 aromatic rings. The topological polar surface area (TPSA) is 53.2 Å². The van der Waals surface area contributed by atoms with Crippen molar-refractivity contribution in [1.82, 2.24) is 0 Å². The lowest BCUT2D eigenvalue weighted by atomic mass is 10.8. The van der Waals surface area contributed by atoms with Crippen LogP contribution >= 0.6 is 0 Å². The van der Waals surface area contributed by atoms with Crippen LogP contribution in [0.2, 0.25) is 0 Å². The predicted molar refractivity (Wildman–Crippen MR) is 18.7 cm³/mol. The monoisotopic (exact) mass is 87.0 g/mol. The summed E-state index contributed by atoms with van der Waals surface area (Å²) in [6.07, 6.45) is 1.41. The second-order valence-electron chi connectivity index (χ2n) is 0.663. The van der Waals surface area contributed by atoms with E-state index in [-0.39, 0.29) is 13.2 Å². The molecule has 0 spiro atoms. The average Bonchev–Trinajstić information content (AvgIpc) is 1.61. The van der Waals surface area contributed by atoms with Crippen molar-refractivity contribution < 1.29 is 9.84 Å². The lowest BCUT2D eigenvalue weighted by Crippen LogP contribution is -1.91. The van der Waals surface area contributed by atoms with E-state index in [1.165, 1.54) is 6.26 Å². The highest BCUT2D eigenvalue weighted by atomic mass is 16.5. The Morgan fingerprint density at radius 3 is 2.67 bits per heavy atom. The predicted octanol–water partition coefficient (Wildman–Crippen LogP) is -0.524. The first-order valence-electron chi connectivity index (χ1n) is 1.53. The minimum absolute atomic E-state index is 0.0897. The van der Waals surface area contributed by atoms with Crippen LogP contribution in [-0.2, 0) is 4.74 Å². The van der Waals surface area contributed by atoms with E-state index in [1.807, 2.05) is 0 Å². The number of hydrogen-bond acceptors (Lipinski definition) is 3. The summed E-state index contributed by atoms with van der Waals surface area (Å²) in [5.41, 5.74) is 0. The maximum atomic E-state index is 7.92. The average molecular weight is 87.1 g/mol. The molecule has 0 aliphatic rings. The Kier molecular flexibility index (Phi) is 3.72. The van der Waals surface area contributed by atoms with Gasteiger partial charge in [-0.3, -0.25) is 0 Å². The van der Waals surface area contributed by atoms with Crippen molar-refractivity contribution in [3.63, 3.8) is 0 Å². The lowest BCUT2D eigenvalue weighted by Gasteiger charge is -1.83. The second kappa shape index (κ2) is 4.25.